The highest BCUT2D eigenvalue weighted by atomic mass is 16.6. The van der Waals surface area contributed by atoms with Gasteiger partial charge >= 0.3 is 5.97 Å². The molecule has 3 aliphatic rings. The average molecular weight is 543 g/mol. The van der Waals surface area contributed by atoms with Crippen LogP contribution in [0.4, 0.5) is 5.69 Å². The maximum Gasteiger partial charge on any atom is 0.308 e. The van der Waals surface area contributed by atoms with Crippen molar-refractivity contribution in [3.05, 3.63) is 66.0 Å². The third-order valence-electron chi connectivity index (χ3n) is 8.54. The van der Waals surface area contributed by atoms with Crippen LogP contribution in [0.3, 0.4) is 0 Å². The molecule has 2 aromatic carbocycles. The third kappa shape index (κ3) is 6.15. The van der Waals surface area contributed by atoms with Crippen molar-refractivity contribution in [3.8, 4) is 0 Å². The van der Waals surface area contributed by atoms with E-state index in [2.05, 4.69) is 58.7 Å². The minimum Gasteiger partial charge on any atom is -0.458 e. The van der Waals surface area contributed by atoms with Crippen LogP contribution in [0.5, 0.6) is 0 Å². The second-order valence-corrected chi connectivity index (χ2v) is 11.9. The van der Waals surface area contributed by atoms with E-state index in [-0.39, 0.29) is 23.7 Å². The number of H-pyrrole nitrogens is 1. The van der Waals surface area contributed by atoms with Crippen LogP contribution < -0.4 is 5.32 Å². The number of fused-ring (bicyclic) bond motifs is 3. The number of rotatable bonds is 11. The Morgan fingerprint density at radius 1 is 1.12 bits per heavy atom. The molecule has 3 aliphatic carbocycles. The van der Waals surface area contributed by atoms with Gasteiger partial charge in [0, 0.05) is 32.2 Å². The maximum absolute atomic E-state index is 12.9. The number of aryl methyl sites for hydroxylation is 1. The van der Waals surface area contributed by atoms with E-state index in [1.54, 1.807) is 0 Å². The van der Waals surface area contributed by atoms with Gasteiger partial charge in [-0.2, -0.15) is 0 Å². The zero-order valence-corrected chi connectivity index (χ0v) is 24.2. The number of aromatic amines is 1. The van der Waals surface area contributed by atoms with Crippen LogP contribution in [0.2, 0.25) is 0 Å². The molecule has 1 aromatic heterocycles. The van der Waals surface area contributed by atoms with Crippen molar-refractivity contribution in [1.82, 2.24) is 14.9 Å². The quantitative estimate of drug-likeness (QED) is 0.281. The molecule has 3 atom stereocenters. The van der Waals surface area contributed by atoms with Crippen LogP contribution in [-0.4, -0.2) is 52.5 Å². The van der Waals surface area contributed by atoms with E-state index >= 15 is 0 Å². The topological polar surface area (TPSA) is 87.3 Å². The van der Waals surface area contributed by atoms with E-state index in [0.717, 1.165) is 74.2 Å². The lowest BCUT2D eigenvalue weighted by atomic mass is 9.60. The van der Waals surface area contributed by atoms with E-state index in [9.17, 15) is 9.59 Å². The number of para-hydroxylation sites is 1. The Balaban J connectivity index is 1.22. The molecule has 7 nitrogen and oxygen atoms in total. The van der Waals surface area contributed by atoms with Crippen LogP contribution in [-0.2, 0) is 20.7 Å². The molecular formula is C33H42N4O3. The van der Waals surface area contributed by atoms with Crippen molar-refractivity contribution in [1.29, 1.82) is 0 Å². The number of carbonyl (C=O) groups is 2. The monoisotopic (exact) mass is 542 g/mol. The second kappa shape index (κ2) is 12.0. The van der Waals surface area contributed by atoms with E-state index in [4.69, 9.17) is 9.72 Å². The number of benzene rings is 2. The number of esters is 1. The van der Waals surface area contributed by atoms with Crippen molar-refractivity contribution >= 4 is 34.2 Å². The lowest BCUT2D eigenvalue weighted by Crippen LogP contribution is -2.51. The maximum atomic E-state index is 12.9. The highest BCUT2D eigenvalue weighted by Crippen LogP contribution is 2.53. The Morgan fingerprint density at radius 2 is 1.93 bits per heavy atom. The minimum absolute atomic E-state index is 0.0895. The van der Waals surface area contributed by atoms with Crippen molar-refractivity contribution in [2.75, 3.05) is 25.5 Å². The number of amides is 1. The van der Waals surface area contributed by atoms with Crippen molar-refractivity contribution < 1.29 is 14.3 Å². The van der Waals surface area contributed by atoms with Gasteiger partial charge < -0.3 is 19.9 Å². The predicted octanol–water partition coefficient (Wildman–Crippen LogP) is 6.23. The molecule has 1 saturated carbocycles. The zero-order valence-electron chi connectivity index (χ0n) is 24.2. The number of aromatic nitrogens is 2. The number of hydrogen-bond acceptors (Lipinski definition) is 5. The lowest BCUT2D eigenvalue weighted by Gasteiger charge is -2.50. The molecule has 0 saturated heterocycles. The molecule has 0 unspecified atom stereocenters. The van der Waals surface area contributed by atoms with E-state index in [0.29, 0.717) is 5.92 Å². The van der Waals surface area contributed by atoms with Gasteiger partial charge in [0.15, 0.2) is 0 Å². The lowest BCUT2D eigenvalue weighted by molar-refractivity contribution is -0.176. The summed E-state index contributed by atoms with van der Waals surface area (Å²) in [5.41, 5.74) is 4.75. The summed E-state index contributed by atoms with van der Waals surface area (Å²) in [5.74, 6) is 1.27. The average Bonchev–Trinajstić information content (AvgIpc) is 3.36. The summed E-state index contributed by atoms with van der Waals surface area (Å²) < 4.78 is 6.40. The fourth-order valence-electron chi connectivity index (χ4n) is 6.40. The molecule has 1 heterocycles. The Morgan fingerprint density at radius 3 is 2.62 bits per heavy atom. The van der Waals surface area contributed by atoms with E-state index in [1.165, 1.54) is 18.1 Å². The highest BCUT2D eigenvalue weighted by molar-refractivity contribution is 5.98. The molecule has 0 spiro atoms. The van der Waals surface area contributed by atoms with Crippen molar-refractivity contribution in [2.24, 2.45) is 17.8 Å². The van der Waals surface area contributed by atoms with Gasteiger partial charge in [0.1, 0.15) is 16.9 Å². The number of carbonyl (C=O) groups excluding carboxylic acids is 2. The molecule has 2 bridgehead atoms. The molecule has 6 rings (SSSR count). The van der Waals surface area contributed by atoms with Gasteiger partial charge in [0.2, 0.25) is 5.91 Å². The summed E-state index contributed by atoms with van der Waals surface area (Å²) in [6, 6.07) is 16.4. The van der Waals surface area contributed by atoms with Crippen LogP contribution in [0.1, 0.15) is 64.3 Å². The standard InChI is InChI=1S/C33H42N4O3/c1-22(2)32(39)40-33(21-25-15-16-26(33)20-27(25)24-10-6-5-7-11-24)17-19-37(4)18-9-14-30-35-29-13-8-12-28(31(29)36-30)34-23(3)38/h5-8,10-13,20,22,25-26H,9,14-19,21H2,1-4H3,(H,34,38)(H,35,36)/t25-,26-,33+/m1/s1. The molecule has 40 heavy (non-hydrogen) atoms. The second-order valence-electron chi connectivity index (χ2n) is 11.9. The molecule has 1 fully saturated rings. The SMILES string of the molecule is CC(=O)Nc1cccc2[nH]c(CCCN(C)CC[C@]3(OC(=O)C(C)C)C[C@H]4CC[C@@H]3C=C4c3ccccc3)nc12. The molecule has 0 radical (unpaired) electrons. The minimum atomic E-state index is -0.435. The van der Waals surface area contributed by atoms with Crippen LogP contribution in [0.25, 0.3) is 16.6 Å². The summed E-state index contributed by atoms with van der Waals surface area (Å²) in [6.07, 6.45) is 8.16. The first kappa shape index (κ1) is 28.1. The molecular weight excluding hydrogens is 500 g/mol. The third-order valence-corrected chi connectivity index (χ3v) is 8.54. The van der Waals surface area contributed by atoms with Gasteiger partial charge in [0.25, 0.3) is 0 Å². The summed E-state index contributed by atoms with van der Waals surface area (Å²) in [4.78, 5) is 34.9. The first-order chi connectivity index (χ1) is 19.2. The zero-order chi connectivity index (χ0) is 28.3. The Hall–Kier alpha value is -3.45. The Bertz CT molecular complexity index is 1380. The van der Waals surface area contributed by atoms with Gasteiger partial charge in [-0.15, -0.1) is 0 Å². The van der Waals surface area contributed by atoms with E-state index in [1.807, 2.05) is 32.0 Å². The molecule has 1 amide bonds. The summed E-state index contributed by atoms with van der Waals surface area (Å²) >= 11 is 0. The fourth-order valence-corrected chi connectivity index (χ4v) is 6.40. The normalized spacial score (nSPS) is 22.1. The smallest absolute Gasteiger partial charge is 0.308 e. The summed E-state index contributed by atoms with van der Waals surface area (Å²) in [6.45, 7) is 7.14. The van der Waals surface area contributed by atoms with Crippen LogP contribution in [0, 0.1) is 17.8 Å². The molecule has 0 aliphatic heterocycles. The summed E-state index contributed by atoms with van der Waals surface area (Å²) in [7, 11) is 2.15. The molecule has 3 aromatic rings. The summed E-state index contributed by atoms with van der Waals surface area (Å²) in [5, 5.41) is 2.86. The number of nitrogens with zero attached hydrogens (tertiary/aromatic N) is 2. The van der Waals surface area contributed by atoms with Gasteiger partial charge in [0.05, 0.1) is 17.1 Å². The largest absolute Gasteiger partial charge is 0.458 e. The Labute approximate surface area is 237 Å². The number of nitrogens with one attached hydrogen (secondary N) is 2. The van der Waals surface area contributed by atoms with Crippen LogP contribution in [0.15, 0.2) is 54.6 Å². The number of imidazole rings is 1. The van der Waals surface area contributed by atoms with E-state index < -0.39 is 5.60 Å². The fraction of sp³-hybridized carbons (Fsp3) is 0.485. The molecule has 212 valence electrons. The first-order valence-corrected chi connectivity index (χ1v) is 14.7. The molecule has 7 heteroatoms. The number of anilines is 1. The van der Waals surface area contributed by atoms with Crippen molar-refractivity contribution in [3.63, 3.8) is 0 Å². The van der Waals surface area contributed by atoms with Gasteiger partial charge in [-0.1, -0.05) is 56.3 Å². The number of hydrogen-bond donors (Lipinski definition) is 2. The Kier molecular flexibility index (Phi) is 8.40. The number of ether oxygens (including phenoxy) is 1. The first-order valence-electron chi connectivity index (χ1n) is 14.7. The van der Waals surface area contributed by atoms with Crippen molar-refractivity contribution in [2.45, 2.75) is 64.9 Å². The van der Waals surface area contributed by atoms with Gasteiger partial charge in [-0.25, -0.2) is 4.98 Å². The molecule has 2 N–H and O–H groups in total. The number of allylic oxidation sites excluding steroid dienone is 1. The van der Waals surface area contributed by atoms with Gasteiger partial charge in [-0.3, -0.25) is 9.59 Å². The predicted molar refractivity (Wildman–Crippen MR) is 160 cm³/mol. The van der Waals surface area contributed by atoms with Gasteiger partial charge in [-0.05, 0) is 68.5 Å². The highest BCUT2D eigenvalue weighted by Gasteiger charge is 2.50. The van der Waals surface area contributed by atoms with Crippen LogP contribution >= 0.6 is 0 Å².